The van der Waals surface area contributed by atoms with Crippen LogP contribution in [0.4, 0.5) is 0 Å². The zero-order valence-electron chi connectivity index (χ0n) is 13.8. The van der Waals surface area contributed by atoms with Gasteiger partial charge in [0, 0.05) is 26.2 Å². The molecule has 21 heavy (non-hydrogen) atoms. The summed E-state index contributed by atoms with van der Waals surface area (Å²) < 4.78 is 1.45. The Morgan fingerprint density at radius 3 is 0.952 bits per heavy atom. The van der Waals surface area contributed by atoms with Crippen LogP contribution in [-0.4, -0.2) is 61.7 Å². The normalized spacial score (nSPS) is 9.05. The Kier molecular flexibility index (Phi) is 24.4. The predicted octanol–water partition coefficient (Wildman–Crippen LogP) is 3.73. The van der Waals surface area contributed by atoms with Crippen LogP contribution in [0.1, 0.15) is 53.4 Å². The summed E-state index contributed by atoms with van der Waals surface area (Å²) in [4.78, 5) is 4.25. The van der Waals surface area contributed by atoms with Crippen LogP contribution in [0.5, 0.6) is 0 Å². The van der Waals surface area contributed by atoms with Crippen LogP contribution in [0, 0.1) is 0 Å². The van der Waals surface area contributed by atoms with Crippen LogP contribution >= 0.6 is 49.7 Å². The van der Waals surface area contributed by atoms with Gasteiger partial charge in [-0.15, -0.1) is 25.3 Å². The Labute approximate surface area is 164 Å². The van der Waals surface area contributed by atoms with Gasteiger partial charge >= 0.3 is 17.1 Å². The molecule has 0 aromatic carbocycles. The molecule has 0 aliphatic rings. The molecule has 0 fully saturated rings. The van der Waals surface area contributed by atoms with Gasteiger partial charge < -0.3 is 9.80 Å². The van der Waals surface area contributed by atoms with Gasteiger partial charge in [-0.2, -0.15) is 0 Å². The topological polar surface area (TPSA) is 6.48 Å². The maximum atomic E-state index is 4.94. The number of hydrogen-bond acceptors (Lipinski definition) is 2. The van der Waals surface area contributed by atoms with Crippen molar-refractivity contribution in [1.29, 1.82) is 0 Å². The molecule has 0 aromatic rings. The molecule has 0 bridgehead atoms. The van der Waals surface area contributed by atoms with Crippen molar-refractivity contribution in [2.45, 2.75) is 53.4 Å². The van der Waals surface area contributed by atoms with Gasteiger partial charge in [-0.25, -0.2) is 0 Å². The third kappa shape index (κ3) is 17.2. The predicted molar refractivity (Wildman–Crippen MR) is 116 cm³/mol. The fourth-order valence-corrected chi connectivity index (χ4v) is 2.45. The fourth-order valence-electron chi connectivity index (χ4n) is 1.69. The summed E-state index contributed by atoms with van der Waals surface area (Å²) in [6.07, 6.45) is 4.56. The standard InChI is InChI=1S/2C7H15NS2.H2Se/c2*1-3-5-8(6-4-2)7(9)10;/h2*3-6H2,1-2H3,(H,9,10);1H2. The molecular weight excluding hydrogens is 403 g/mol. The molecule has 0 amide bonds. The third-order valence-corrected chi connectivity index (χ3v) is 3.60. The second-order valence-corrected chi connectivity index (χ2v) is 6.76. The summed E-state index contributed by atoms with van der Waals surface area (Å²) in [5.41, 5.74) is 0. The van der Waals surface area contributed by atoms with Gasteiger partial charge in [0.05, 0.1) is 0 Å². The van der Waals surface area contributed by atoms with E-state index in [9.17, 15) is 0 Å². The van der Waals surface area contributed by atoms with Crippen molar-refractivity contribution in [2.75, 3.05) is 26.2 Å². The van der Waals surface area contributed by atoms with Crippen molar-refractivity contribution in [1.82, 2.24) is 9.80 Å². The van der Waals surface area contributed by atoms with Gasteiger partial charge in [0.15, 0.2) is 0 Å². The molecule has 0 atom stereocenters. The number of thiol groups is 2. The summed E-state index contributed by atoms with van der Waals surface area (Å²) in [7, 11) is 0. The van der Waals surface area contributed by atoms with E-state index >= 15 is 0 Å². The summed E-state index contributed by atoms with van der Waals surface area (Å²) in [6, 6.07) is 0. The molecule has 0 saturated heterocycles. The summed E-state index contributed by atoms with van der Waals surface area (Å²) in [6.45, 7) is 12.7. The molecule has 0 N–H and O–H groups in total. The Hall–Kier alpha value is 0.999. The molecule has 128 valence electrons. The van der Waals surface area contributed by atoms with Crippen molar-refractivity contribution < 1.29 is 0 Å². The quantitative estimate of drug-likeness (QED) is 0.341. The molecule has 0 aliphatic carbocycles. The monoisotopic (exact) mass is 436 g/mol. The van der Waals surface area contributed by atoms with Crippen LogP contribution < -0.4 is 0 Å². The van der Waals surface area contributed by atoms with Crippen molar-refractivity contribution in [2.24, 2.45) is 0 Å². The first kappa shape index (κ1) is 26.9. The van der Waals surface area contributed by atoms with E-state index in [-0.39, 0.29) is 17.1 Å². The second-order valence-electron chi connectivity index (χ2n) is 4.54. The molecule has 0 radical (unpaired) electrons. The average molecular weight is 436 g/mol. The van der Waals surface area contributed by atoms with Crippen LogP contribution in [0.2, 0.25) is 0 Å². The Morgan fingerprint density at radius 1 is 0.667 bits per heavy atom. The van der Waals surface area contributed by atoms with E-state index in [1.165, 1.54) is 0 Å². The molecule has 0 spiro atoms. The first-order valence-corrected chi connectivity index (χ1v) is 9.11. The van der Waals surface area contributed by atoms with Gasteiger partial charge in [-0.3, -0.25) is 0 Å². The van der Waals surface area contributed by atoms with Crippen LogP contribution in [0.3, 0.4) is 0 Å². The van der Waals surface area contributed by atoms with Crippen molar-refractivity contribution in [3.63, 3.8) is 0 Å². The van der Waals surface area contributed by atoms with Gasteiger partial charge in [0.25, 0.3) is 0 Å². The fraction of sp³-hybridized carbons (Fsp3) is 0.857. The van der Waals surface area contributed by atoms with Gasteiger partial charge in [0.2, 0.25) is 0 Å². The summed E-state index contributed by atoms with van der Waals surface area (Å²) in [5.74, 6) is 0. The van der Waals surface area contributed by atoms with Crippen molar-refractivity contribution >= 4 is 75.4 Å². The van der Waals surface area contributed by atoms with Gasteiger partial charge in [0.1, 0.15) is 8.64 Å². The van der Waals surface area contributed by atoms with E-state index < -0.39 is 0 Å². The molecule has 0 unspecified atom stereocenters. The van der Waals surface area contributed by atoms with E-state index in [1.54, 1.807) is 0 Å². The number of thiocarbonyl (C=S) groups is 2. The zero-order chi connectivity index (χ0) is 16.0. The Bertz CT molecular complexity index is 227. The first-order chi connectivity index (χ1) is 9.44. The summed E-state index contributed by atoms with van der Waals surface area (Å²) >= 11 is 18.1. The molecule has 7 heteroatoms. The average Bonchev–Trinajstić information content (AvgIpc) is 2.38. The molecular formula is C14H32N2S4Se. The SMILES string of the molecule is CCCN(CCC)C(=S)S.CCCN(CCC)C(=S)S.[SeH2]. The van der Waals surface area contributed by atoms with E-state index in [0.717, 1.165) is 60.5 Å². The summed E-state index contributed by atoms with van der Waals surface area (Å²) in [5, 5.41) is 0. The van der Waals surface area contributed by atoms with Crippen LogP contribution in [0.15, 0.2) is 0 Å². The number of rotatable bonds is 8. The molecule has 0 saturated carbocycles. The number of nitrogens with zero attached hydrogens (tertiary/aromatic N) is 2. The van der Waals surface area contributed by atoms with E-state index in [1.807, 2.05) is 0 Å². The molecule has 0 aromatic heterocycles. The third-order valence-electron chi connectivity index (χ3n) is 2.52. The van der Waals surface area contributed by atoms with E-state index in [4.69, 9.17) is 24.4 Å². The Balaban J connectivity index is -0.000000295. The van der Waals surface area contributed by atoms with E-state index in [0.29, 0.717) is 0 Å². The maximum absolute atomic E-state index is 4.94. The van der Waals surface area contributed by atoms with Crippen LogP contribution in [0.25, 0.3) is 0 Å². The Morgan fingerprint density at radius 2 is 0.857 bits per heavy atom. The molecule has 0 rings (SSSR count). The molecule has 0 heterocycles. The minimum absolute atomic E-state index is 0. The number of hydrogen-bond donors (Lipinski definition) is 2. The van der Waals surface area contributed by atoms with Gasteiger partial charge in [-0.1, -0.05) is 52.1 Å². The molecule has 2 nitrogen and oxygen atoms in total. The van der Waals surface area contributed by atoms with Crippen molar-refractivity contribution in [3.8, 4) is 0 Å². The first-order valence-electron chi connectivity index (χ1n) is 7.40. The molecule has 0 aliphatic heterocycles. The minimum atomic E-state index is 0. The van der Waals surface area contributed by atoms with Crippen LogP contribution in [-0.2, 0) is 0 Å². The van der Waals surface area contributed by atoms with Gasteiger partial charge in [-0.05, 0) is 25.7 Å². The second kappa shape index (κ2) is 19.0. The zero-order valence-corrected chi connectivity index (χ0v) is 19.3. The van der Waals surface area contributed by atoms with E-state index in [2.05, 4.69) is 62.8 Å². The van der Waals surface area contributed by atoms with Crippen molar-refractivity contribution in [3.05, 3.63) is 0 Å².